The van der Waals surface area contributed by atoms with Crippen molar-refractivity contribution in [2.24, 2.45) is 5.92 Å². The summed E-state index contributed by atoms with van der Waals surface area (Å²) >= 11 is 0. The van der Waals surface area contributed by atoms with Crippen LogP contribution in [0.2, 0.25) is 0 Å². The molecule has 1 aliphatic rings. The molecule has 3 rings (SSSR count). The van der Waals surface area contributed by atoms with Crippen molar-refractivity contribution in [3.8, 4) is 0 Å². The van der Waals surface area contributed by atoms with Crippen LogP contribution >= 0.6 is 0 Å². The Morgan fingerprint density at radius 2 is 1.95 bits per heavy atom. The van der Waals surface area contributed by atoms with Crippen molar-refractivity contribution in [3.63, 3.8) is 0 Å². The van der Waals surface area contributed by atoms with E-state index in [9.17, 15) is 4.79 Å². The molecule has 0 aliphatic heterocycles. The van der Waals surface area contributed by atoms with E-state index in [0.29, 0.717) is 12.3 Å². The van der Waals surface area contributed by atoms with Crippen LogP contribution in [-0.2, 0) is 4.79 Å². The van der Waals surface area contributed by atoms with E-state index in [1.54, 1.807) is 6.20 Å². The lowest BCUT2D eigenvalue weighted by Crippen LogP contribution is -2.18. The molecule has 1 aromatic heterocycles. The minimum absolute atomic E-state index is 0.120. The second kappa shape index (κ2) is 6.04. The molecule has 1 fully saturated rings. The summed E-state index contributed by atoms with van der Waals surface area (Å²) in [6.45, 7) is 0. The summed E-state index contributed by atoms with van der Waals surface area (Å²) < 4.78 is 0. The SMILES string of the molecule is O=C(CC1CCCCC1)Nc1cccc2cccnc12. The van der Waals surface area contributed by atoms with Crippen molar-refractivity contribution < 1.29 is 4.79 Å². The van der Waals surface area contributed by atoms with E-state index in [1.807, 2.05) is 30.3 Å². The molecule has 1 amide bonds. The normalized spacial score (nSPS) is 16.2. The molecular formula is C17H20N2O. The lowest BCUT2D eigenvalue weighted by Gasteiger charge is -2.20. The zero-order chi connectivity index (χ0) is 13.8. The molecule has 0 radical (unpaired) electrons. The zero-order valence-electron chi connectivity index (χ0n) is 11.6. The van der Waals surface area contributed by atoms with Gasteiger partial charge >= 0.3 is 0 Å². The summed E-state index contributed by atoms with van der Waals surface area (Å²) in [6, 6.07) is 9.82. The highest BCUT2D eigenvalue weighted by Crippen LogP contribution is 2.27. The minimum Gasteiger partial charge on any atom is -0.324 e. The number of hydrogen-bond acceptors (Lipinski definition) is 2. The van der Waals surface area contributed by atoms with Crippen LogP contribution in [0.1, 0.15) is 38.5 Å². The number of nitrogens with zero attached hydrogens (tertiary/aromatic N) is 1. The number of carbonyl (C=O) groups excluding carboxylic acids is 1. The molecule has 3 nitrogen and oxygen atoms in total. The Labute approximate surface area is 119 Å². The Kier molecular flexibility index (Phi) is 3.95. The highest BCUT2D eigenvalue weighted by atomic mass is 16.1. The topological polar surface area (TPSA) is 42.0 Å². The molecule has 0 bridgehead atoms. The molecule has 1 saturated carbocycles. The molecule has 20 heavy (non-hydrogen) atoms. The molecule has 1 N–H and O–H groups in total. The van der Waals surface area contributed by atoms with Gasteiger partial charge in [0.1, 0.15) is 0 Å². The van der Waals surface area contributed by atoms with Gasteiger partial charge in [0.2, 0.25) is 5.91 Å². The van der Waals surface area contributed by atoms with E-state index in [-0.39, 0.29) is 5.91 Å². The Bertz CT molecular complexity index is 597. The number of fused-ring (bicyclic) bond motifs is 1. The van der Waals surface area contributed by atoms with Crippen molar-refractivity contribution in [1.29, 1.82) is 0 Å². The maximum atomic E-state index is 12.2. The first-order valence-corrected chi connectivity index (χ1v) is 7.46. The number of benzene rings is 1. The second-order valence-electron chi connectivity index (χ2n) is 5.64. The molecule has 1 aliphatic carbocycles. The third-order valence-corrected chi connectivity index (χ3v) is 4.11. The highest BCUT2D eigenvalue weighted by molar-refractivity contribution is 6.00. The van der Waals surface area contributed by atoms with Crippen LogP contribution in [0.25, 0.3) is 10.9 Å². The molecule has 1 aromatic carbocycles. The number of hydrogen-bond donors (Lipinski definition) is 1. The first-order valence-electron chi connectivity index (χ1n) is 7.46. The third kappa shape index (κ3) is 2.98. The molecule has 0 atom stereocenters. The molecule has 0 saturated heterocycles. The van der Waals surface area contributed by atoms with Crippen LogP contribution in [0.5, 0.6) is 0 Å². The fourth-order valence-corrected chi connectivity index (χ4v) is 3.06. The number of carbonyl (C=O) groups is 1. The molecule has 2 aromatic rings. The van der Waals surface area contributed by atoms with E-state index in [0.717, 1.165) is 16.6 Å². The molecule has 0 spiro atoms. The number of anilines is 1. The predicted molar refractivity (Wildman–Crippen MR) is 81.6 cm³/mol. The number of pyridine rings is 1. The Balaban J connectivity index is 1.71. The lowest BCUT2D eigenvalue weighted by molar-refractivity contribution is -0.117. The zero-order valence-corrected chi connectivity index (χ0v) is 11.6. The number of rotatable bonds is 3. The van der Waals surface area contributed by atoms with Crippen molar-refractivity contribution in [2.45, 2.75) is 38.5 Å². The van der Waals surface area contributed by atoms with Gasteiger partial charge in [-0.15, -0.1) is 0 Å². The maximum absolute atomic E-state index is 12.2. The fraction of sp³-hybridized carbons (Fsp3) is 0.412. The second-order valence-corrected chi connectivity index (χ2v) is 5.64. The summed E-state index contributed by atoms with van der Waals surface area (Å²) in [5, 5.41) is 4.09. The van der Waals surface area contributed by atoms with Crippen LogP contribution in [0.15, 0.2) is 36.5 Å². The van der Waals surface area contributed by atoms with Gasteiger partial charge in [0, 0.05) is 18.0 Å². The third-order valence-electron chi connectivity index (χ3n) is 4.11. The summed E-state index contributed by atoms with van der Waals surface area (Å²) in [4.78, 5) is 16.6. The molecule has 104 valence electrons. The van der Waals surface area contributed by atoms with E-state index >= 15 is 0 Å². The fourth-order valence-electron chi connectivity index (χ4n) is 3.06. The van der Waals surface area contributed by atoms with Crippen LogP contribution in [0, 0.1) is 5.92 Å². The Morgan fingerprint density at radius 1 is 1.15 bits per heavy atom. The Morgan fingerprint density at radius 3 is 2.80 bits per heavy atom. The van der Waals surface area contributed by atoms with Gasteiger partial charge in [0.15, 0.2) is 0 Å². The Hall–Kier alpha value is -1.90. The standard InChI is InChI=1S/C17H20N2O/c20-16(12-13-6-2-1-3-7-13)19-15-10-4-8-14-9-5-11-18-17(14)15/h4-5,8-11,13H,1-3,6-7,12H2,(H,19,20). The van der Waals surface area contributed by atoms with Crippen LogP contribution in [0.3, 0.4) is 0 Å². The van der Waals surface area contributed by atoms with Crippen LogP contribution in [0.4, 0.5) is 5.69 Å². The van der Waals surface area contributed by atoms with Gasteiger partial charge in [-0.3, -0.25) is 9.78 Å². The monoisotopic (exact) mass is 268 g/mol. The van der Waals surface area contributed by atoms with E-state index in [1.165, 1.54) is 32.1 Å². The van der Waals surface area contributed by atoms with Crippen LogP contribution < -0.4 is 5.32 Å². The quantitative estimate of drug-likeness (QED) is 0.908. The summed E-state index contributed by atoms with van der Waals surface area (Å²) in [5.41, 5.74) is 1.69. The minimum atomic E-state index is 0.120. The van der Waals surface area contributed by atoms with E-state index in [2.05, 4.69) is 10.3 Å². The summed E-state index contributed by atoms with van der Waals surface area (Å²) in [6.07, 6.45) is 8.66. The van der Waals surface area contributed by atoms with Gasteiger partial charge in [0.25, 0.3) is 0 Å². The van der Waals surface area contributed by atoms with Crippen molar-refractivity contribution in [2.75, 3.05) is 5.32 Å². The summed E-state index contributed by atoms with van der Waals surface area (Å²) in [7, 11) is 0. The van der Waals surface area contributed by atoms with Gasteiger partial charge in [-0.1, -0.05) is 37.5 Å². The molecule has 1 heterocycles. The lowest BCUT2D eigenvalue weighted by atomic mass is 9.87. The first-order chi connectivity index (χ1) is 9.83. The predicted octanol–water partition coefficient (Wildman–Crippen LogP) is 4.14. The number of aromatic nitrogens is 1. The van der Waals surface area contributed by atoms with Crippen LogP contribution in [-0.4, -0.2) is 10.9 Å². The van der Waals surface area contributed by atoms with E-state index < -0.39 is 0 Å². The smallest absolute Gasteiger partial charge is 0.224 e. The largest absolute Gasteiger partial charge is 0.324 e. The number of para-hydroxylation sites is 1. The van der Waals surface area contributed by atoms with Crippen molar-refractivity contribution >= 4 is 22.5 Å². The van der Waals surface area contributed by atoms with Crippen molar-refractivity contribution in [1.82, 2.24) is 4.98 Å². The van der Waals surface area contributed by atoms with Gasteiger partial charge in [-0.05, 0) is 30.9 Å². The number of amides is 1. The van der Waals surface area contributed by atoms with Gasteiger partial charge in [-0.2, -0.15) is 0 Å². The van der Waals surface area contributed by atoms with E-state index in [4.69, 9.17) is 0 Å². The average Bonchev–Trinajstić information content (AvgIpc) is 2.48. The molecular weight excluding hydrogens is 248 g/mol. The molecule has 3 heteroatoms. The average molecular weight is 268 g/mol. The maximum Gasteiger partial charge on any atom is 0.224 e. The van der Waals surface area contributed by atoms with Gasteiger partial charge in [-0.25, -0.2) is 0 Å². The number of nitrogens with one attached hydrogen (secondary N) is 1. The summed E-state index contributed by atoms with van der Waals surface area (Å²) in [5.74, 6) is 0.682. The highest BCUT2D eigenvalue weighted by Gasteiger charge is 2.17. The molecule has 0 unspecified atom stereocenters. The van der Waals surface area contributed by atoms with Crippen molar-refractivity contribution in [3.05, 3.63) is 36.5 Å². The van der Waals surface area contributed by atoms with Gasteiger partial charge in [0.05, 0.1) is 11.2 Å². The first kappa shape index (κ1) is 13.1. The van der Waals surface area contributed by atoms with Gasteiger partial charge < -0.3 is 5.32 Å².